The Morgan fingerprint density at radius 3 is 2.59 bits per heavy atom. The van der Waals surface area contributed by atoms with Gasteiger partial charge in [0.2, 0.25) is 0 Å². The monoisotopic (exact) mass is 420 g/mol. The summed E-state index contributed by atoms with van der Waals surface area (Å²) in [5.74, 6) is 0.557. The Morgan fingerprint density at radius 1 is 1.17 bits per heavy atom. The zero-order chi connectivity index (χ0) is 21.0. The van der Waals surface area contributed by atoms with Crippen LogP contribution in [0.3, 0.4) is 0 Å². The molecule has 3 heterocycles. The molecule has 0 saturated carbocycles. The van der Waals surface area contributed by atoms with Crippen LogP contribution in [-0.4, -0.2) is 59.0 Å². The fourth-order valence-electron chi connectivity index (χ4n) is 3.47. The Balaban J connectivity index is 1.51. The number of amides is 2. The first kappa shape index (κ1) is 20.0. The van der Waals surface area contributed by atoms with Gasteiger partial charge in [-0.2, -0.15) is 0 Å². The number of carbonyl (C=O) groups is 2. The predicted octanol–water partition coefficient (Wildman–Crippen LogP) is 3.75. The molecule has 1 aromatic carbocycles. The lowest BCUT2D eigenvalue weighted by Crippen LogP contribution is -2.48. The van der Waals surface area contributed by atoms with Gasteiger partial charge < -0.3 is 18.6 Å². The molecule has 2 atom stereocenters. The largest absolute Gasteiger partial charge is 0.489 e. The van der Waals surface area contributed by atoms with E-state index < -0.39 is 14.4 Å². The Labute approximate surface area is 171 Å². The van der Waals surface area contributed by atoms with E-state index in [2.05, 4.69) is 33.9 Å². The van der Waals surface area contributed by atoms with Gasteiger partial charge in [-0.25, -0.2) is 9.59 Å². The number of fused-ring (bicyclic) bond motifs is 3. The molecule has 0 spiro atoms. The first-order valence-corrected chi connectivity index (χ1v) is 12.8. The SMILES string of the molecule is CC(C)(C)[Si](C)(C)OC[C@@H]1OC(=O)N2c3ccc(N4CCOC4=O)cc3OC[C@@H]12. The number of nitrogens with zero attached hydrogens (tertiary/aromatic N) is 2. The van der Waals surface area contributed by atoms with Gasteiger partial charge in [-0.3, -0.25) is 9.80 Å². The molecule has 8 nitrogen and oxygen atoms in total. The fraction of sp³-hybridized carbons (Fsp3) is 0.600. The second-order valence-corrected chi connectivity index (χ2v) is 14.0. The van der Waals surface area contributed by atoms with E-state index in [4.69, 9.17) is 18.6 Å². The number of hydrogen-bond donors (Lipinski definition) is 0. The first-order valence-electron chi connectivity index (χ1n) is 9.93. The highest BCUT2D eigenvalue weighted by Crippen LogP contribution is 2.42. The Bertz CT molecular complexity index is 837. The van der Waals surface area contributed by atoms with Crippen LogP contribution in [-0.2, 0) is 13.9 Å². The fourth-order valence-corrected chi connectivity index (χ4v) is 4.48. The third-order valence-electron chi connectivity index (χ3n) is 6.31. The van der Waals surface area contributed by atoms with Gasteiger partial charge in [-0.1, -0.05) is 20.8 Å². The Morgan fingerprint density at radius 2 is 1.93 bits per heavy atom. The summed E-state index contributed by atoms with van der Waals surface area (Å²) in [4.78, 5) is 27.6. The van der Waals surface area contributed by atoms with Crippen molar-refractivity contribution in [2.45, 2.75) is 51.0 Å². The molecular formula is C20H28N2O6Si. The molecule has 2 saturated heterocycles. The van der Waals surface area contributed by atoms with Gasteiger partial charge in [-0.05, 0) is 30.3 Å². The van der Waals surface area contributed by atoms with Gasteiger partial charge in [0.05, 0.1) is 24.5 Å². The normalized spacial score (nSPS) is 24.0. The molecule has 158 valence electrons. The lowest BCUT2D eigenvalue weighted by atomic mass is 10.1. The van der Waals surface area contributed by atoms with Crippen molar-refractivity contribution < 1.29 is 28.2 Å². The van der Waals surface area contributed by atoms with Crippen molar-refractivity contribution in [2.75, 3.05) is 36.2 Å². The van der Waals surface area contributed by atoms with Gasteiger partial charge in [0.25, 0.3) is 0 Å². The van der Waals surface area contributed by atoms with E-state index in [9.17, 15) is 9.59 Å². The zero-order valence-corrected chi connectivity index (χ0v) is 18.6. The summed E-state index contributed by atoms with van der Waals surface area (Å²) in [6.45, 7) is 12.4. The van der Waals surface area contributed by atoms with E-state index in [1.54, 1.807) is 28.0 Å². The number of carbonyl (C=O) groups excluding carboxylic acids is 2. The molecular weight excluding hydrogens is 392 g/mol. The zero-order valence-electron chi connectivity index (χ0n) is 17.6. The van der Waals surface area contributed by atoms with Gasteiger partial charge >= 0.3 is 12.2 Å². The van der Waals surface area contributed by atoms with E-state index in [-0.39, 0.29) is 23.3 Å². The molecule has 29 heavy (non-hydrogen) atoms. The van der Waals surface area contributed by atoms with Crippen LogP contribution in [0, 0.1) is 0 Å². The maximum Gasteiger partial charge on any atom is 0.415 e. The van der Waals surface area contributed by atoms with Gasteiger partial charge in [0.15, 0.2) is 8.32 Å². The molecule has 2 amide bonds. The molecule has 0 bridgehead atoms. The van der Waals surface area contributed by atoms with Crippen LogP contribution in [0.2, 0.25) is 18.1 Å². The third kappa shape index (κ3) is 3.46. The molecule has 3 aliphatic rings. The van der Waals surface area contributed by atoms with Crippen molar-refractivity contribution in [1.82, 2.24) is 0 Å². The summed E-state index contributed by atoms with van der Waals surface area (Å²) in [6.07, 6.45) is -1.14. The average molecular weight is 421 g/mol. The number of hydrogen-bond acceptors (Lipinski definition) is 6. The van der Waals surface area contributed by atoms with Gasteiger partial charge in [0.1, 0.15) is 31.1 Å². The summed E-state index contributed by atoms with van der Waals surface area (Å²) >= 11 is 0. The van der Waals surface area contributed by atoms with Gasteiger partial charge in [-0.15, -0.1) is 0 Å². The van der Waals surface area contributed by atoms with Crippen LogP contribution < -0.4 is 14.5 Å². The van der Waals surface area contributed by atoms with E-state index in [1.165, 1.54) is 0 Å². The van der Waals surface area contributed by atoms with E-state index >= 15 is 0 Å². The molecule has 0 aromatic heterocycles. The average Bonchev–Trinajstić information content (AvgIpc) is 3.22. The summed E-state index contributed by atoms with van der Waals surface area (Å²) < 4.78 is 22.9. The molecule has 4 rings (SSSR count). The molecule has 0 radical (unpaired) electrons. The molecule has 1 aromatic rings. The molecule has 3 aliphatic heterocycles. The Hall–Kier alpha value is -2.26. The number of anilines is 2. The van der Waals surface area contributed by atoms with Crippen LogP contribution in [0.1, 0.15) is 20.8 Å². The minimum Gasteiger partial charge on any atom is -0.489 e. The Kier molecular flexibility index (Phi) is 4.77. The summed E-state index contributed by atoms with van der Waals surface area (Å²) in [6, 6.07) is 5.12. The molecule has 2 fully saturated rings. The predicted molar refractivity (Wildman–Crippen MR) is 110 cm³/mol. The highest BCUT2D eigenvalue weighted by Gasteiger charge is 2.48. The second-order valence-electron chi connectivity index (χ2n) is 9.16. The maximum absolute atomic E-state index is 12.6. The standard InChI is InChI=1S/C20H28N2O6Si/c1-20(2,3)29(4,5)27-12-17-15-11-26-16-10-13(21-8-9-25-18(21)23)6-7-14(16)22(15)19(24)28-17/h6-7,10,15,17H,8-9,11-12H2,1-5H3/t15-,17-/m0/s1. The van der Waals surface area contributed by atoms with E-state index in [0.29, 0.717) is 43.5 Å². The van der Waals surface area contributed by atoms with Crippen LogP contribution in [0.15, 0.2) is 18.2 Å². The minimum absolute atomic E-state index is 0.0814. The molecule has 0 N–H and O–H groups in total. The van der Waals surface area contributed by atoms with E-state index in [0.717, 1.165) is 0 Å². The van der Waals surface area contributed by atoms with Crippen LogP contribution in [0.25, 0.3) is 0 Å². The molecule has 9 heteroatoms. The third-order valence-corrected chi connectivity index (χ3v) is 10.8. The van der Waals surface area contributed by atoms with Gasteiger partial charge in [0, 0.05) is 6.07 Å². The van der Waals surface area contributed by atoms with E-state index in [1.807, 2.05) is 0 Å². The van der Waals surface area contributed by atoms with Crippen LogP contribution in [0.5, 0.6) is 5.75 Å². The topological polar surface area (TPSA) is 77.5 Å². The summed E-state index contributed by atoms with van der Waals surface area (Å²) in [7, 11) is -1.95. The van der Waals surface area contributed by atoms with Crippen molar-refractivity contribution in [1.29, 1.82) is 0 Å². The number of cyclic esters (lactones) is 2. The number of rotatable bonds is 4. The molecule has 0 unspecified atom stereocenters. The quantitative estimate of drug-likeness (QED) is 0.691. The van der Waals surface area contributed by atoms with Crippen molar-refractivity contribution in [3.8, 4) is 5.75 Å². The maximum atomic E-state index is 12.6. The van der Waals surface area contributed by atoms with Crippen LogP contribution in [0.4, 0.5) is 21.0 Å². The summed E-state index contributed by atoms with van der Waals surface area (Å²) in [5, 5.41) is 0.0814. The van der Waals surface area contributed by atoms with Crippen molar-refractivity contribution in [2.24, 2.45) is 0 Å². The summed E-state index contributed by atoms with van der Waals surface area (Å²) in [5.41, 5.74) is 1.34. The highest BCUT2D eigenvalue weighted by atomic mass is 28.4. The van der Waals surface area contributed by atoms with Crippen molar-refractivity contribution in [3.63, 3.8) is 0 Å². The lowest BCUT2D eigenvalue weighted by Gasteiger charge is -2.37. The smallest absolute Gasteiger partial charge is 0.415 e. The number of ether oxygens (including phenoxy) is 3. The second kappa shape index (κ2) is 6.91. The van der Waals surface area contributed by atoms with Crippen molar-refractivity contribution >= 4 is 31.9 Å². The first-order chi connectivity index (χ1) is 13.6. The molecule has 0 aliphatic carbocycles. The van der Waals surface area contributed by atoms with Crippen molar-refractivity contribution in [3.05, 3.63) is 18.2 Å². The van der Waals surface area contributed by atoms with Crippen LogP contribution >= 0.6 is 0 Å². The minimum atomic E-state index is -1.95. The number of benzene rings is 1. The lowest BCUT2D eigenvalue weighted by molar-refractivity contribution is 0.0770. The highest BCUT2D eigenvalue weighted by molar-refractivity contribution is 6.74.